The molecule has 0 spiro atoms. The lowest BCUT2D eigenvalue weighted by Crippen LogP contribution is -2.64. The second kappa shape index (κ2) is 17.7. The van der Waals surface area contributed by atoms with E-state index >= 15 is 0 Å². The number of nitrogens with one attached hydrogen (secondary N) is 2. The van der Waals surface area contributed by atoms with Gasteiger partial charge >= 0.3 is 0 Å². The normalized spacial score (nSPS) is 17.2. The molecule has 2 rings (SSSR count). The average molecular weight is 570 g/mol. The molecule has 0 radical (unpaired) electrons. The number of anilines is 1. The zero-order chi connectivity index (χ0) is 28.6. The van der Waals surface area contributed by atoms with Gasteiger partial charge in [-0.3, -0.25) is 25.5 Å². The number of benzene rings is 1. The topological polar surface area (TPSA) is 182 Å². The highest BCUT2D eigenvalue weighted by Crippen LogP contribution is 2.24. The number of ether oxygens (including phenoxy) is 5. The first kappa shape index (κ1) is 32.4. The maximum absolute atomic E-state index is 11.8. The molecule has 0 bridgehead atoms. The minimum atomic E-state index is -1.19. The van der Waals surface area contributed by atoms with Gasteiger partial charge in [0.1, 0.15) is 30.1 Å². The summed E-state index contributed by atoms with van der Waals surface area (Å²) in [6.45, 7) is 6.33. The van der Waals surface area contributed by atoms with Crippen molar-refractivity contribution in [3.05, 3.63) is 24.3 Å². The van der Waals surface area contributed by atoms with Crippen LogP contribution in [0.1, 0.15) is 19.8 Å². The molecule has 0 saturated heterocycles. The number of primary amides is 1. The lowest BCUT2D eigenvalue weighted by atomic mass is 10.2. The Bertz CT molecular complexity index is 949. The van der Waals surface area contributed by atoms with Crippen molar-refractivity contribution in [2.24, 2.45) is 16.5 Å². The van der Waals surface area contributed by atoms with E-state index in [0.717, 1.165) is 12.8 Å². The quantitative estimate of drug-likeness (QED) is 0.0667. The van der Waals surface area contributed by atoms with Crippen LogP contribution in [0.5, 0.6) is 5.75 Å². The Morgan fingerprint density at radius 1 is 1.05 bits per heavy atom. The first-order chi connectivity index (χ1) is 18.8. The molecule has 1 aliphatic heterocycles. The van der Waals surface area contributed by atoms with Gasteiger partial charge in [0.05, 0.1) is 46.2 Å². The van der Waals surface area contributed by atoms with Crippen LogP contribution in [-0.2, 0) is 23.7 Å². The van der Waals surface area contributed by atoms with E-state index in [1.165, 1.54) is 4.90 Å². The lowest BCUT2D eigenvalue weighted by Gasteiger charge is -2.39. The Morgan fingerprint density at radius 2 is 1.62 bits per heavy atom. The van der Waals surface area contributed by atoms with Gasteiger partial charge in [-0.2, -0.15) is 0 Å². The Morgan fingerprint density at radius 3 is 2.15 bits per heavy atom. The van der Waals surface area contributed by atoms with E-state index in [2.05, 4.69) is 4.99 Å². The third-order valence-corrected chi connectivity index (χ3v) is 5.89. The van der Waals surface area contributed by atoms with Gasteiger partial charge in [-0.15, -0.1) is 0 Å². The number of nitrogens with zero attached hydrogens (tertiary/aromatic N) is 3. The maximum atomic E-state index is 11.8. The van der Waals surface area contributed by atoms with Crippen LogP contribution in [0.15, 0.2) is 29.3 Å². The zero-order valence-corrected chi connectivity index (χ0v) is 23.3. The van der Waals surface area contributed by atoms with Gasteiger partial charge in [0.25, 0.3) is 5.91 Å². The van der Waals surface area contributed by atoms with E-state index in [1.54, 1.807) is 24.1 Å². The highest BCUT2D eigenvalue weighted by Gasteiger charge is 2.38. The number of nitrogens with two attached hydrogens (primary N) is 2. The largest absolute Gasteiger partial charge is 0.491 e. The zero-order valence-electron chi connectivity index (χ0n) is 22.6. The fourth-order valence-electron chi connectivity index (χ4n) is 3.53. The molecule has 13 nitrogen and oxygen atoms in total. The lowest BCUT2D eigenvalue weighted by molar-refractivity contribution is -0.112. The Labute approximate surface area is 234 Å². The van der Waals surface area contributed by atoms with Gasteiger partial charge in [-0.1, -0.05) is 24.9 Å². The summed E-state index contributed by atoms with van der Waals surface area (Å²) in [6.07, 6.45) is 0.470. The number of alkyl halides is 1. The average Bonchev–Trinajstić information content (AvgIpc) is 2.92. The number of unbranched alkanes of at least 4 members (excludes halogenated alkanes) is 1. The van der Waals surface area contributed by atoms with E-state index in [-0.39, 0.29) is 17.5 Å². The maximum Gasteiger partial charge on any atom is 0.266 e. The number of aliphatic imine (C=N–C) groups is 1. The Kier molecular flexibility index (Phi) is 14.7. The number of methoxy groups -OCH3 is 1. The van der Waals surface area contributed by atoms with Crippen molar-refractivity contribution in [2.45, 2.75) is 31.4 Å². The molecule has 0 fully saturated rings. The van der Waals surface area contributed by atoms with Gasteiger partial charge in [0.15, 0.2) is 5.50 Å². The van der Waals surface area contributed by atoms with Crippen LogP contribution >= 0.6 is 11.6 Å². The molecule has 0 saturated carbocycles. The van der Waals surface area contributed by atoms with E-state index in [4.69, 9.17) is 57.6 Å². The van der Waals surface area contributed by atoms with Gasteiger partial charge in [-0.05, 0) is 30.7 Å². The Balaban J connectivity index is 1.86. The molecule has 1 aromatic carbocycles. The van der Waals surface area contributed by atoms with Crippen LogP contribution in [0.4, 0.5) is 5.69 Å². The molecule has 1 aromatic rings. The molecular formula is C25H40ClN7O6. The summed E-state index contributed by atoms with van der Waals surface area (Å²) in [7, 11) is 1.63. The summed E-state index contributed by atoms with van der Waals surface area (Å²) in [5.74, 6) is -0.521. The standard InChI is InChI=1S/C25H40ClN7O6/c1-3-4-9-32(25(30)33-22(27)20(24(29)34)31-21(26)23(33)28)18-5-7-19(8-6-18)39-17-16-38-15-14-37-13-12-36-11-10-35-2/h5-8,21-22,28,30H,3-4,9-17,27H2,1-2H3,(H2,29,34). The number of carbonyl (C=O) groups is 1. The molecule has 1 heterocycles. The third-order valence-electron chi connectivity index (χ3n) is 5.59. The molecule has 14 heteroatoms. The minimum Gasteiger partial charge on any atom is -0.491 e. The van der Waals surface area contributed by atoms with Crippen LogP contribution in [-0.4, -0.2) is 106 Å². The molecule has 1 aliphatic rings. The summed E-state index contributed by atoms with van der Waals surface area (Å²) in [5, 5.41) is 17.2. The van der Waals surface area contributed by atoms with E-state index in [9.17, 15) is 4.79 Å². The number of hydrogen-bond acceptors (Lipinski definition) is 10. The minimum absolute atomic E-state index is 0.105. The smallest absolute Gasteiger partial charge is 0.266 e. The SMILES string of the molecule is CCCCN(C(=N)N1C(=N)C(Cl)N=C(C(N)=O)C1N)c1ccc(OCCOCCOCCOCCOC)cc1. The number of amides is 1. The van der Waals surface area contributed by atoms with Crippen LogP contribution in [0, 0.1) is 10.8 Å². The van der Waals surface area contributed by atoms with Crippen molar-refractivity contribution < 1.29 is 28.5 Å². The first-order valence-electron chi connectivity index (χ1n) is 12.8. The second-order valence-electron chi connectivity index (χ2n) is 8.42. The molecule has 218 valence electrons. The summed E-state index contributed by atoms with van der Waals surface area (Å²) >= 11 is 6.13. The molecule has 0 aliphatic carbocycles. The third kappa shape index (κ3) is 10.4. The number of rotatable bonds is 18. The van der Waals surface area contributed by atoms with Crippen molar-refractivity contribution in [3.8, 4) is 5.75 Å². The first-order valence-corrected chi connectivity index (χ1v) is 13.2. The van der Waals surface area contributed by atoms with Crippen LogP contribution < -0.4 is 21.1 Å². The van der Waals surface area contributed by atoms with Gasteiger partial charge in [0.2, 0.25) is 5.96 Å². The number of guanidine groups is 1. The Hall–Kier alpha value is -2.81. The fourth-order valence-corrected chi connectivity index (χ4v) is 3.74. The highest BCUT2D eigenvalue weighted by molar-refractivity contribution is 6.45. The van der Waals surface area contributed by atoms with Gasteiger partial charge < -0.3 is 40.1 Å². The molecule has 2 atom stereocenters. The molecule has 2 unspecified atom stereocenters. The van der Waals surface area contributed by atoms with Crippen LogP contribution in [0.2, 0.25) is 0 Å². The van der Waals surface area contributed by atoms with Crippen molar-refractivity contribution in [3.63, 3.8) is 0 Å². The van der Waals surface area contributed by atoms with Gasteiger partial charge in [-0.25, -0.2) is 0 Å². The number of halogens is 1. The number of amidine groups is 1. The summed E-state index contributed by atoms with van der Waals surface area (Å²) < 4.78 is 26.9. The summed E-state index contributed by atoms with van der Waals surface area (Å²) in [6, 6.07) is 7.19. The number of carbonyl (C=O) groups excluding carboxylic acids is 1. The van der Waals surface area contributed by atoms with E-state index < -0.39 is 17.6 Å². The molecule has 6 N–H and O–H groups in total. The number of hydrogen-bond donors (Lipinski definition) is 4. The van der Waals surface area contributed by atoms with Crippen LogP contribution in [0.25, 0.3) is 0 Å². The van der Waals surface area contributed by atoms with E-state index in [0.29, 0.717) is 70.8 Å². The summed E-state index contributed by atoms with van der Waals surface area (Å²) in [5.41, 5.74) is 10.9. The predicted molar refractivity (Wildman–Crippen MR) is 150 cm³/mol. The van der Waals surface area contributed by atoms with Crippen molar-refractivity contribution in [2.75, 3.05) is 71.4 Å². The monoisotopic (exact) mass is 569 g/mol. The second-order valence-corrected chi connectivity index (χ2v) is 8.83. The van der Waals surface area contributed by atoms with Crippen LogP contribution in [0.3, 0.4) is 0 Å². The van der Waals surface area contributed by atoms with Gasteiger partial charge in [0, 0.05) is 19.3 Å². The van der Waals surface area contributed by atoms with Crippen molar-refractivity contribution in [1.82, 2.24) is 4.90 Å². The fraction of sp³-hybridized carbons (Fsp3) is 0.600. The highest BCUT2D eigenvalue weighted by atomic mass is 35.5. The molecule has 0 aromatic heterocycles. The van der Waals surface area contributed by atoms with Crippen molar-refractivity contribution in [1.29, 1.82) is 10.8 Å². The molecule has 39 heavy (non-hydrogen) atoms. The molecular weight excluding hydrogens is 530 g/mol. The van der Waals surface area contributed by atoms with Crippen molar-refractivity contribution >= 4 is 40.7 Å². The molecule has 1 amide bonds. The predicted octanol–water partition coefficient (Wildman–Crippen LogP) is 1.37. The van der Waals surface area contributed by atoms with E-state index in [1.807, 2.05) is 19.1 Å². The summed E-state index contributed by atoms with van der Waals surface area (Å²) in [4.78, 5) is 18.6.